The molecular weight excluding hydrogens is 320 g/mol. The number of carbonyl (C=O) groups excluding carboxylic acids is 1. The van der Waals surface area contributed by atoms with Gasteiger partial charge in [0.2, 0.25) is 0 Å². The Kier molecular flexibility index (Phi) is 4.79. The molecule has 120 valence electrons. The molecule has 0 spiro atoms. The van der Waals surface area contributed by atoms with E-state index in [9.17, 15) is 4.79 Å². The van der Waals surface area contributed by atoms with Gasteiger partial charge in [0, 0.05) is 48.7 Å². The highest BCUT2D eigenvalue weighted by atomic mass is 32.1. The molecule has 0 aliphatic carbocycles. The maximum atomic E-state index is 12.3. The van der Waals surface area contributed by atoms with Gasteiger partial charge in [0.05, 0.1) is 5.56 Å². The quantitative estimate of drug-likeness (QED) is 0.748. The van der Waals surface area contributed by atoms with Crippen LogP contribution in [0.4, 0.5) is 5.13 Å². The van der Waals surface area contributed by atoms with Crippen LogP contribution in [0.5, 0.6) is 0 Å². The molecule has 1 saturated heterocycles. The van der Waals surface area contributed by atoms with E-state index in [0.717, 1.165) is 18.2 Å². The van der Waals surface area contributed by atoms with E-state index in [-0.39, 0.29) is 5.91 Å². The van der Waals surface area contributed by atoms with Crippen molar-refractivity contribution in [2.75, 3.05) is 31.1 Å². The first-order chi connectivity index (χ1) is 11.7. The molecule has 0 radical (unpaired) electrons. The number of hydrogen-bond donors (Lipinski definition) is 0. The molecule has 0 N–H and O–H groups in total. The van der Waals surface area contributed by atoms with Gasteiger partial charge < -0.3 is 9.80 Å². The summed E-state index contributed by atoms with van der Waals surface area (Å²) in [5.41, 5.74) is 1.08. The maximum absolute atomic E-state index is 12.3. The third kappa shape index (κ3) is 3.56. The average Bonchev–Trinajstić information content (AvgIpc) is 3.06. The molecular formula is C18H16N4OS. The average molecular weight is 336 g/mol. The summed E-state index contributed by atoms with van der Waals surface area (Å²) in [7, 11) is 0. The van der Waals surface area contributed by atoms with Crippen LogP contribution in [0.15, 0.2) is 30.5 Å². The van der Waals surface area contributed by atoms with Crippen LogP contribution in [0.2, 0.25) is 0 Å². The minimum atomic E-state index is -0.197. The zero-order chi connectivity index (χ0) is 16.9. The van der Waals surface area contributed by atoms with Gasteiger partial charge in [-0.2, -0.15) is 5.26 Å². The fraction of sp³-hybridized carbons (Fsp3) is 0.278. The number of rotatable bonds is 1. The molecule has 2 aromatic rings. The van der Waals surface area contributed by atoms with Crippen molar-refractivity contribution >= 4 is 22.4 Å². The van der Waals surface area contributed by atoms with Gasteiger partial charge in [0.25, 0.3) is 5.91 Å². The van der Waals surface area contributed by atoms with Crippen LogP contribution in [-0.4, -0.2) is 42.0 Å². The van der Waals surface area contributed by atoms with Gasteiger partial charge in [-0.15, -0.1) is 11.3 Å². The van der Waals surface area contributed by atoms with Crippen LogP contribution in [0, 0.1) is 30.1 Å². The number of carbonyl (C=O) groups is 1. The number of nitrogens with zero attached hydrogens (tertiary/aromatic N) is 4. The molecule has 0 atom stereocenters. The van der Waals surface area contributed by atoms with Crippen LogP contribution >= 0.6 is 11.3 Å². The van der Waals surface area contributed by atoms with Gasteiger partial charge in [-0.3, -0.25) is 4.79 Å². The minimum Gasteiger partial charge on any atom is -0.345 e. The standard InChI is InChI=1S/C18H16N4OS/c1-14-13-20-18(24-14)22-10-8-21(9-11-22)17(23)7-6-15-4-2-3-5-16(15)12-19/h2-5,13H,8-11H2,1H3. The van der Waals surface area contributed by atoms with Crippen LogP contribution in [-0.2, 0) is 4.79 Å². The van der Waals surface area contributed by atoms with Gasteiger partial charge in [0.1, 0.15) is 6.07 Å². The number of benzene rings is 1. The van der Waals surface area contributed by atoms with Gasteiger partial charge in [-0.1, -0.05) is 18.1 Å². The Bertz CT molecular complexity index is 848. The summed E-state index contributed by atoms with van der Waals surface area (Å²) in [4.78, 5) is 21.8. The third-order valence-electron chi connectivity index (χ3n) is 3.80. The second-order valence-corrected chi connectivity index (χ2v) is 6.65. The van der Waals surface area contributed by atoms with Gasteiger partial charge in [-0.25, -0.2) is 4.98 Å². The lowest BCUT2D eigenvalue weighted by Gasteiger charge is -2.33. The molecule has 1 aromatic carbocycles. The summed E-state index contributed by atoms with van der Waals surface area (Å²) in [6.45, 7) is 4.82. The fourth-order valence-corrected chi connectivity index (χ4v) is 3.29. The first kappa shape index (κ1) is 16.0. The van der Waals surface area contributed by atoms with Crippen LogP contribution in [0.25, 0.3) is 0 Å². The summed E-state index contributed by atoms with van der Waals surface area (Å²) in [6.07, 6.45) is 1.87. The number of amides is 1. The Balaban J connectivity index is 1.62. The lowest BCUT2D eigenvalue weighted by atomic mass is 10.1. The highest BCUT2D eigenvalue weighted by molar-refractivity contribution is 7.15. The number of aromatic nitrogens is 1. The number of piperazine rings is 1. The normalized spacial score (nSPS) is 13.8. The Labute approximate surface area is 145 Å². The first-order valence-corrected chi connectivity index (χ1v) is 8.46. The van der Waals surface area contributed by atoms with E-state index in [2.05, 4.69) is 27.8 Å². The van der Waals surface area contributed by atoms with Crippen molar-refractivity contribution in [1.29, 1.82) is 5.26 Å². The van der Waals surface area contributed by atoms with Crippen molar-refractivity contribution in [3.05, 3.63) is 46.5 Å². The molecule has 1 aliphatic rings. The Morgan fingerprint density at radius 1 is 1.21 bits per heavy atom. The number of thiazole rings is 1. The molecule has 0 bridgehead atoms. The second kappa shape index (κ2) is 7.16. The summed E-state index contributed by atoms with van der Waals surface area (Å²) >= 11 is 1.67. The van der Waals surface area contributed by atoms with Crippen molar-refractivity contribution in [2.24, 2.45) is 0 Å². The van der Waals surface area contributed by atoms with Crippen LogP contribution in [0.1, 0.15) is 16.0 Å². The summed E-state index contributed by atoms with van der Waals surface area (Å²) in [5, 5.41) is 10.1. The lowest BCUT2D eigenvalue weighted by Crippen LogP contribution is -2.48. The number of aryl methyl sites for hydroxylation is 1. The maximum Gasteiger partial charge on any atom is 0.298 e. The van der Waals surface area contributed by atoms with Crippen LogP contribution < -0.4 is 4.90 Å². The molecule has 5 nitrogen and oxygen atoms in total. The monoisotopic (exact) mass is 336 g/mol. The van der Waals surface area contributed by atoms with Crippen LogP contribution in [0.3, 0.4) is 0 Å². The van der Waals surface area contributed by atoms with Gasteiger partial charge in [0.15, 0.2) is 5.13 Å². The number of nitriles is 1. The predicted molar refractivity (Wildman–Crippen MR) is 93.7 cm³/mol. The molecule has 1 aromatic heterocycles. The third-order valence-corrected chi connectivity index (χ3v) is 4.77. The largest absolute Gasteiger partial charge is 0.345 e. The SMILES string of the molecule is Cc1cnc(N2CCN(C(=O)C#Cc3ccccc3C#N)CC2)s1. The van der Waals surface area contributed by atoms with Crippen molar-refractivity contribution in [3.63, 3.8) is 0 Å². The Morgan fingerprint density at radius 2 is 1.92 bits per heavy atom. The number of anilines is 1. The van der Waals surface area contributed by atoms with E-state index in [0.29, 0.717) is 24.2 Å². The van der Waals surface area contributed by atoms with E-state index in [4.69, 9.17) is 5.26 Å². The highest BCUT2D eigenvalue weighted by Crippen LogP contribution is 2.22. The van der Waals surface area contributed by atoms with Crippen molar-refractivity contribution in [1.82, 2.24) is 9.88 Å². The zero-order valence-electron chi connectivity index (χ0n) is 13.3. The zero-order valence-corrected chi connectivity index (χ0v) is 14.1. The molecule has 0 saturated carbocycles. The van der Waals surface area contributed by atoms with E-state index in [1.54, 1.807) is 34.4 Å². The van der Waals surface area contributed by atoms with Crippen molar-refractivity contribution < 1.29 is 4.79 Å². The summed E-state index contributed by atoms with van der Waals surface area (Å²) in [6, 6.07) is 9.13. The van der Waals surface area contributed by atoms with Gasteiger partial charge >= 0.3 is 0 Å². The summed E-state index contributed by atoms with van der Waals surface area (Å²) < 4.78 is 0. The Hall–Kier alpha value is -2.83. The van der Waals surface area contributed by atoms with Crippen molar-refractivity contribution in [3.8, 4) is 17.9 Å². The predicted octanol–water partition coefficient (Wildman–Crippen LogP) is 2.02. The van der Waals surface area contributed by atoms with E-state index in [1.807, 2.05) is 19.2 Å². The van der Waals surface area contributed by atoms with E-state index in [1.165, 1.54) is 4.88 Å². The minimum absolute atomic E-state index is 0.197. The topological polar surface area (TPSA) is 60.2 Å². The highest BCUT2D eigenvalue weighted by Gasteiger charge is 2.21. The molecule has 1 fully saturated rings. The number of hydrogen-bond acceptors (Lipinski definition) is 5. The van der Waals surface area contributed by atoms with E-state index < -0.39 is 0 Å². The van der Waals surface area contributed by atoms with E-state index >= 15 is 0 Å². The molecule has 1 aliphatic heterocycles. The van der Waals surface area contributed by atoms with Gasteiger partial charge in [-0.05, 0) is 19.1 Å². The lowest BCUT2D eigenvalue weighted by molar-refractivity contribution is -0.125. The summed E-state index contributed by atoms with van der Waals surface area (Å²) in [5.74, 6) is 5.28. The molecule has 0 unspecified atom stereocenters. The second-order valence-electron chi connectivity index (χ2n) is 5.44. The molecule has 24 heavy (non-hydrogen) atoms. The molecule has 2 heterocycles. The molecule has 6 heteroatoms. The first-order valence-electron chi connectivity index (χ1n) is 7.65. The van der Waals surface area contributed by atoms with Crippen molar-refractivity contribution in [2.45, 2.75) is 6.92 Å². The fourth-order valence-electron chi connectivity index (χ4n) is 2.48. The molecule has 1 amide bonds. The Morgan fingerprint density at radius 3 is 2.54 bits per heavy atom. The smallest absolute Gasteiger partial charge is 0.298 e. The molecule has 3 rings (SSSR count).